The van der Waals surface area contributed by atoms with Crippen LogP contribution in [0, 0.1) is 0 Å². The first-order valence-electron chi connectivity index (χ1n) is 8.15. The van der Waals surface area contributed by atoms with Crippen LogP contribution >= 0.6 is 0 Å². The molecule has 5 rings (SSSR count). The van der Waals surface area contributed by atoms with Crippen LogP contribution < -0.4 is 0 Å². The second-order valence-electron chi connectivity index (χ2n) is 6.00. The normalized spacial score (nSPS) is 11.4. The van der Waals surface area contributed by atoms with Gasteiger partial charge in [-0.1, -0.05) is 42.5 Å². The molecule has 0 aliphatic heterocycles. The maximum Gasteiger partial charge on any atom is 0.220 e. The molecular weight excluding hydrogens is 310 g/mol. The number of benzene rings is 3. The number of phenols is 1. The fraction of sp³-hybridized carbons (Fsp3) is 0. The minimum atomic E-state index is 0.252. The number of aromatic nitrogens is 3. The van der Waals surface area contributed by atoms with Crippen molar-refractivity contribution in [1.29, 1.82) is 0 Å². The molecule has 0 bridgehead atoms. The number of hydrogen-bond donors (Lipinski definition) is 1. The second-order valence-corrected chi connectivity index (χ2v) is 6.00. The van der Waals surface area contributed by atoms with E-state index in [9.17, 15) is 5.11 Å². The Bertz CT molecular complexity index is 1180. The summed E-state index contributed by atoms with van der Waals surface area (Å²) in [5.74, 6) is 1.10. The summed E-state index contributed by atoms with van der Waals surface area (Å²) in [6, 6.07) is 25.6. The second kappa shape index (κ2) is 5.24. The van der Waals surface area contributed by atoms with E-state index in [0.29, 0.717) is 0 Å². The van der Waals surface area contributed by atoms with E-state index >= 15 is 0 Å². The smallest absolute Gasteiger partial charge is 0.220 e. The van der Waals surface area contributed by atoms with Crippen LogP contribution in [-0.4, -0.2) is 19.1 Å². The summed E-state index contributed by atoms with van der Waals surface area (Å²) in [4.78, 5) is 4.82. The fourth-order valence-electron chi connectivity index (χ4n) is 3.27. The highest BCUT2D eigenvalue weighted by Gasteiger charge is 2.16. The molecule has 0 spiro atoms. The van der Waals surface area contributed by atoms with Crippen molar-refractivity contribution in [3.8, 4) is 22.7 Å². The van der Waals surface area contributed by atoms with Gasteiger partial charge in [-0.05, 0) is 36.4 Å². The third-order valence-electron chi connectivity index (χ3n) is 4.45. The summed E-state index contributed by atoms with van der Waals surface area (Å²) < 4.78 is 4.24. The minimum absolute atomic E-state index is 0.252. The minimum Gasteiger partial charge on any atom is -0.508 e. The number of para-hydroxylation sites is 2. The van der Waals surface area contributed by atoms with Crippen molar-refractivity contribution in [2.45, 2.75) is 0 Å². The molecule has 5 aromatic rings. The van der Waals surface area contributed by atoms with Crippen LogP contribution in [0.1, 0.15) is 0 Å². The molecule has 2 aromatic heterocycles. The van der Waals surface area contributed by atoms with Crippen molar-refractivity contribution in [1.82, 2.24) is 14.0 Å². The third kappa shape index (κ3) is 2.11. The number of imidazole rings is 2. The van der Waals surface area contributed by atoms with Gasteiger partial charge in [-0.3, -0.25) is 8.97 Å². The molecule has 1 N–H and O–H groups in total. The van der Waals surface area contributed by atoms with Crippen LogP contribution in [0.5, 0.6) is 5.75 Å². The molecule has 0 radical (unpaired) electrons. The Labute approximate surface area is 144 Å². The van der Waals surface area contributed by atoms with Crippen LogP contribution in [0.4, 0.5) is 0 Å². The van der Waals surface area contributed by atoms with Crippen molar-refractivity contribution in [2.75, 3.05) is 0 Å². The average Bonchev–Trinajstić information content (AvgIpc) is 3.19. The predicted molar refractivity (Wildman–Crippen MR) is 99.1 cm³/mol. The number of rotatable bonds is 2. The molecule has 0 unspecified atom stereocenters. The molecule has 0 atom stereocenters. The van der Waals surface area contributed by atoms with Gasteiger partial charge in [0.2, 0.25) is 5.78 Å². The summed E-state index contributed by atoms with van der Waals surface area (Å²) in [5.41, 5.74) is 5.17. The molecular formula is C21H15N3O. The summed E-state index contributed by atoms with van der Waals surface area (Å²) in [6.07, 6.45) is 2.12. The molecule has 4 nitrogen and oxygen atoms in total. The molecule has 2 heterocycles. The first kappa shape index (κ1) is 13.9. The van der Waals surface area contributed by atoms with E-state index in [1.165, 1.54) is 0 Å². The van der Waals surface area contributed by atoms with Crippen molar-refractivity contribution in [3.63, 3.8) is 0 Å². The largest absolute Gasteiger partial charge is 0.508 e. The van der Waals surface area contributed by atoms with E-state index in [-0.39, 0.29) is 5.75 Å². The molecule has 0 aliphatic rings. The molecule has 0 saturated carbocycles. The topological polar surface area (TPSA) is 42.5 Å². The lowest BCUT2D eigenvalue weighted by Gasteiger charge is -2.09. The zero-order valence-corrected chi connectivity index (χ0v) is 13.4. The maximum absolute atomic E-state index is 9.64. The number of nitrogens with zero attached hydrogens (tertiary/aromatic N) is 3. The van der Waals surface area contributed by atoms with Crippen LogP contribution in [0.3, 0.4) is 0 Å². The van der Waals surface area contributed by atoms with Gasteiger partial charge in [-0.25, -0.2) is 4.98 Å². The van der Waals surface area contributed by atoms with Gasteiger partial charge in [0.05, 0.1) is 16.7 Å². The Hall–Kier alpha value is -3.53. The van der Waals surface area contributed by atoms with E-state index in [1.807, 2.05) is 48.5 Å². The van der Waals surface area contributed by atoms with Gasteiger partial charge >= 0.3 is 0 Å². The quantitative estimate of drug-likeness (QED) is 0.513. The van der Waals surface area contributed by atoms with Crippen molar-refractivity contribution in [3.05, 3.63) is 85.1 Å². The number of fused-ring (bicyclic) bond motifs is 3. The van der Waals surface area contributed by atoms with E-state index < -0.39 is 0 Å². The lowest BCUT2D eigenvalue weighted by molar-refractivity contribution is 0.475. The Morgan fingerprint density at radius 2 is 1.48 bits per heavy atom. The van der Waals surface area contributed by atoms with Gasteiger partial charge in [0.15, 0.2) is 0 Å². The standard InChI is InChI=1S/C21H15N3O/c25-17-12-10-16(11-13-17)24-20(15-6-2-1-3-7-15)14-23-19-9-5-4-8-18(19)22-21(23)24/h1-14,25H. The van der Waals surface area contributed by atoms with E-state index in [0.717, 1.165) is 33.8 Å². The van der Waals surface area contributed by atoms with Gasteiger partial charge in [-0.15, -0.1) is 0 Å². The van der Waals surface area contributed by atoms with Crippen LogP contribution in [0.15, 0.2) is 85.1 Å². The zero-order valence-electron chi connectivity index (χ0n) is 13.4. The average molecular weight is 325 g/mol. The Morgan fingerprint density at radius 1 is 0.760 bits per heavy atom. The highest BCUT2D eigenvalue weighted by atomic mass is 16.3. The summed E-state index contributed by atoms with van der Waals surface area (Å²) in [7, 11) is 0. The van der Waals surface area contributed by atoms with Gasteiger partial charge in [0.25, 0.3) is 0 Å². The van der Waals surface area contributed by atoms with Crippen molar-refractivity contribution in [2.24, 2.45) is 0 Å². The predicted octanol–water partition coefficient (Wildman–Crippen LogP) is 4.65. The summed E-state index contributed by atoms with van der Waals surface area (Å²) in [5, 5.41) is 9.64. The monoisotopic (exact) mass is 325 g/mol. The first-order valence-corrected chi connectivity index (χ1v) is 8.15. The molecule has 0 saturated heterocycles. The molecule has 3 aromatic carbocycles. The first-order chi connectivity index (χ1) is 12.3. The maximum atomic E-state index is 9.64. The van der Waals surface area contributed by atoms with E-state index in [2.05, 4.69) is 33.4 Å². The van der Waals surface area contributed by atoms with Gasteiger partial charge < -0.3 is 5.11 Å². The molecule has 0 amide bonds. The fourth-order valence-corrected chi connectivity index (χ4v) is 3.27. The highest BCUT2D eigenvalue weighted by Crippen LogP contribution is 2.30. The Morgan fingerprint density at radius 3 is 2.28 bits per heavy atom. The van der Waals surface area contributed by atoms with E-state index in [1.54, 1.807) is 12.1 Å². The Balaban J connectivity index is 1.89. The van der Waals surface area contributed by atoms with Crippen LogP contribution in [0.2, 0.25) is 0 Å². The van der Waals surface area contributed by atoms with E-state index in [4.69, 9.17) is 4.98 Å². The third-order valence-corrected chi connectivity index (χ3v) is 4.45. The van der Waals surface area contributed by atoms with Crippen molar-refractivity contribution >= 4 is 16.8 Å². The SMILES string of the molecule is Oc1ccc(-n2c(-c3ccccc3)cn3c4ccccc4nc23)cc1. The summed E-state index contributed by atoms with van der Waals surface area (Å²) >= 11 is 0. The number of phenolic OH excluding ortho intramolecular Hbond substituents is 1. The van der Waals surface area contributed by atoms with Crippen LogP contribution in [-0.2, 0) is 0 Å². The number of aromatic hydroxyl groups is 1. The van der Waals surface area contributed by atoms with Gasteiger partial charge in [0, 0.05) is 17.4 Å². The Kier molecular flexibility index (Phi) is 2.91. The zero-order chi connectivity index (χ0) is 16.8. The molecule has 25 heavy (non-hydrogen) atoms. The van der Waals surface area contributed by atoms with Crippen LogP contribution in [0.25, 0.3) is 33.8 Å². The lowest BCUT2D eigenvalue weighted by atomic mass is 10.1. The van der Waals surface area contributed by atoms with Gasteiger partial charge in [-0.2, -0.15) is 0 Å². The molecule has 4 heteroatoms. The summed E-state index contributed by atoms with van der Waals surface area (Å²) in [6.45, 7) is 0. The highest BCUT2D eigenvalue weighted by molar-refractivity contribution is 5.82. The molecule has 0 aliphatic carbocycles. The van der Waals surface area contributed by atoms with Crippen molar-refractivity contribution < 1.29 is 5.11 Å². The molecule has 120 valence electrons. The molecule has 0 fully saturated rings. The number of hydrogen-bond acceptors (Lipinski definition) is 2. The lowest BCUT2D eigenvalue weighted by Crippen LogP contribution is -1.97. The van der Waals surface area contributed by atoms with Gasteiger partial charge in [0.1, 0.15) is 5.75 Å².